The molecule has 55 heavy (non-hydrogen) atoms. The standard InChI is InChI=1S/C52H35N3/c1-5-15-36(16-6-1)42-33-48(39-17-7-2-8-18-39)54-49(34-42)40-29-25-37(26-30-40)38-27-31-41(32-28-38)51-53-35-46-45-23-13-14-24-47(45)52(50(46)55-51,43-19-9-3-10-20-43)44-21-11-4-12-22-44/h1-35H. The van der Waals surface area contributed by atoms with Crippen molar-refractivity contribution >= 4 is 0 Å². The number of fused-ring (bicyclic) bond motifs is 3. The number of pyridine rings is 1. The Morgan fingerprint density at radius 2 is 0.764 bits per heavy atom. The summed E-state index contributed by atoms with van der Waals surface area (Å²) in [7, 11) is 0. The molecule has 0 bridgehead atoms. The molecule has 1 aliphatic carbocycles. The first-order valence-corrected chi connectivity index (χ1v) is 18.7. The summed E-state index contributed by atoms with van der Waals surface area (Å²) >= 11 is 0. The number of aromatic nitrogens is 3. The van der Waals surface area contributed by atoms with E-state index in [1.807, 2.05) is 12.3 Å². The lowest BCUT2D eigenvalue weighted by Crippen LogP contribution is -2.29. The van der Waals surface area contributed by atoms with Crippen LogP contribution >= 0.6 is 0 Å². The molecule has 1 aliphatic rings. The molecule has 10 rings (SSSR count). The fourth-order valence-corrected chi connectivity index (χ4v) is 8.18. The van der Waals surface area contributed by atoms with Gasteiger partial charge in [-0.2, -0.15) is 0 Å². The van der Waals surface area contributed by atoms with Crippen molar-refractivity contribution in [2.24, 2.45) is 0 Å². The highest BCUT2D eigenvalue weighted by Gasteiger charge is 2.47. The van der Waals surface area contributed by atoms with E-state index in [-0.39, 0.29) is 0 Å². The molecule has 9 aromatic rings. The van der Waals surface area contributed by atoms with Crippen molar-refractivity contribution < 1.29 is 0 Å². The van der Waals surface area contributed by atoms with Gasteiger partial charge >= 0.3 is 0 Å². The third-order valence-corrected chi connectivity index (χ3v) is 10.8. The van der Waals surface area contributed by atoms with Gasteiger partial charge in [-0.3, -0.25) is 0 Å². The topological polar surface area (TPSA) is 38.7 Å². The van der Waals surface area contributed by atoms with E-state index in [9.17, 15) is 0 Å². The second-order valence-corrected chi connectivity index (χ2v) is 14.0. The van der Waals surface area contributed by atoms with Crippen LogP contribution in [0.25, 0.3) is 67.3 Å². The summed E-state index contributed by atoms with van der Waals surface area (Å²) in [4.78, 5) is 15.5. The average Bonchev–Trinajstić information content (AvgIpc) is 3.58. The van der Waals surface area contributed by atoms with E-state index in [1.54, 1.807) is 0 Å². The van der Waals surface area contributed by atoms with Crippen LogP contribution < -0.4 is 0 Å². The van der Waals surface area contributed by atoms with E-state index < -0.39 is 5.41 Å². The first kappa shape index (κ1) is 32.4. The Balaban J connectivity index is 1.00. The minimum Gasteiger partial charge on any atom is -0.248 e. The summed E-state index contributed by atoms with van der Waals surface area (Å²) in [5.41, 5.74) is 15.9. The van der Waals surface area contributed by atoms with E-state index >= 15 is 0 Å². The summed E-state index contributed by atoms with van der Waals surface area (Å²) in [6, 6.07) is 72.8. The summed E-state index contributed by atoms with van der Waals surface area (Å²) < 4.78 is 0. The van der Waals surface area contributed by atoms with Gasteiger partial charge in [-0.1, -0.05) is 194 Å². The van der Waals surface area contributed by atoms with Gasteiger partial charge < -0.3 is 0 Å². The predicted molar refractivity (Wildman–Crippen MR) is 224 cm³/mol. The van der Waals surface area contributed by atoms with E-state index in [0.717, 1.165) is 56.0 Å². The van der Waals surface area contributed by atoms with E-state index in [4.69, 9.17) is 15.0 Å². The molecule has 0 atom stereocenters. The van der Waals surface area contributed by atoms with Crippen molar-refractivity contribution in [3.63, 3.8) is 0 Å². The van der Waals surface area contributed by atoms with Crippen LogP contribution in [-0.2, 0) is 5.41 Å². The molecule has 0 N–H and O–H groups in total. The second-order valence-electron chi connectivity index (χ2n) is 14.0. The minimum absolute atomic E-state index is 0.564. The number of nitrogens with zero attached hydrogens (tertiary/aromatic N) is 3. The first-order chi connectivity index (χ1) is 27.3. The third kappa shape index (κ3) is 5.65. The average molecular weight is 702 g/mol. The SMILES string of the molecule is c1ccc(-c2cc(-c3ccccc3)nc(-c3ccc(-c4ccc(-c5ncc6c(n5)C(c5ccccc5)(c5ccccc5)c5ccccc5-6)cc4)cc3)c2)cc1. The smallest absolute Gasteiger partial charge is 0.159 e. The van der Waals surface area contributed by atoms with Crippen molar-refractivity contribution in [3.05, 3.63) is 235 Å². The quantitative estimate of drug-likeness (QED) is 0.166. The lowest BCUT2D eigenvalue weighted by Gasteiger charge is -2.32. The molecule has 0 spiro atoms. The lowest BCUT2D eigenvalue weighted by atomic mass is 9.69. The zero-order chi connectivity index (χ0) is 36.6. The molecule has 258 valence electrons. The molecule has 0 radical (unpaired) electrons. The Hall–Kier alpha value is -7.23. The van der Waals surface area contributed by atoms with E-state index in [0.29, 0.717) is 5.82 Å². The summed E-state index contributed by atoms with van der Waals surface area (Å²) in [5.74, 6) is 0.711. The molecule has 3 heteroatoms. The Morgan fingerprint density at radius 1 is 0.327 bits per heavy atom. The summed E-state index contributed by atoms with van der Waals surface area (Å²) in [6.45, 7) is 0. The normalized spacial score (nSPS) is 12.5. The fourth-order valence-electron chi connectivity index (χ4n) is 8.18. The Kier molecular flexibility index (Phi) is 8.04. The van der Waals surface area contributed by atoms with E-state index in [2.05, 4.69) is 200 Å². The Morgan fingerprint density at radius 3 is 1.35 bits per heavy atom. The van der Waals surface area contributed by atoms with Crippen LogP contribution in [0.3, 0.4) is 0 Å². The van der Waals surface area contributed by atoms with Crippen molar-refractivity contribution in [3.8, 4) is 67.3 Å². The summed E-state index contributed by atoms with van der Waals surface area (Å²) in [5, 5.41) is 0. The van der Waals surface area contributed by atoms with Gasteiger partial charge in [0.2, 0.25) is 0 Å². The van der Waals surface area contributed by atoms with Gasteiger partial charge in [-0.25, -0.2) is 15.0 Å². The number of benzene rings is 7. The van der Waals surface area contributed by atoms with Crippen LogP contribution in [0.15, 0.2) is 212 Å². The van der Waals surface area contributed by atoms with Gasteiger partial charge in [0, 0.05) is 28.5 Å². The minimum atomic E-state index is -0.564. The molecule has 0 aliphatic heterocycles. The molecule has 2 aromatic heterocycles. The highest BCUT2D eigenvalue weighted by molar-refractivity contribution is 5.85. The lowest BCUT2D eigenvalue weighted by molar-refractivity contribution is 0.736. The van der Waals surface area contributed by atoms with Crippen molar-refractivity contribution in [1.29, 1.82) is 0 Å². The monoisotopic (exact) mass is 701 g/mol. The number of hydrogen-bond donors (Lipinski definition) is 0. The maximum absolute atomic E-state index is 5.43. The second kappa shape index (κ2) is 13.6. The molecule has 0 unspecified atom stereocenters. The number of rotatable bonds is 7. The van der Waals surface area contributed by atoms with Gasteiger partial charge in [0.1, 0.15) is 0 Å². The fraction of sp³-hybridized carbons (Fsp3) is 0.0192. The first-order valence-electron chi connectivity index (χ1n) is 18.7. The molecule has 0 fully saturated rings. The molecule has 2 heterocycles. The van der Waals surface area contributed by atoms with Crippen LogP contribution in [-0.4, -0.2) is 15.0 Å². The predicted octanol–water partition coefficient (Wildman–Crippen LogP) is 12.6. The van der Waals surface area contributed by atoms with Crippen LogP contribution in [0.5, 0.6) is 0 Å². The van der Waals surface area contributed by atoms with Gasteiger partial charge in [0.15, 0.2) is 5.82 Å². The Labute approximate surface area is 321 Å². The molecular weight excluding hydrogens is 667 g/mol. The van der Waals surface area contributed by atoms with Gasteiger partial charge in [-0.15, -0.1) is 0 Å². The largest absolute Gasteiger partial charge is 0.248 e. The van der Waals surface area contributed by atoms with Gasteiger partial charge in [-0.05, 0) is 56.6 Å². The maximum atomic E-state index is 5.43. The van der Waals surface area contributed by atoms with Gasteiger partial charge in [0.05, 0.1) is 22.5 Å². The molecule has 3 nitrogen and oxygen atoms in total. The van der Waals surface area contributed by atoms with Crippen molar-refractivity contribution in [1.82, 2.24) is 15.0 Å². The van der Waals surface area contributed by atoms with Crippen LogP contribution in [0, 0.1) is 0 Å². The molecular formula is C52H35N3. The van der Waals surface area contributed by atoms with Crippen molar-refractivity contribution in [2.75, 3.05) is 0 Å². The molecule has 0 amide bonds. The molecule has 0 saturated carbocycles. The Bertz CT molecular complexity index is 2660. The van der Waals surface area contributed by atoms with Crippen LogP contribution in [0.1, 0.15) is 22.4 Å². The zero-order valence-electron chi connectivity index (χ0n) is 30.0. The third-order valence-electron chi connectivity index (χ3n) is 10.8. The zero-order valence-corrected chi connectivity index (χ0v) is 30.0. The van der Waals surface area contributed by atoms with Gasteiger partial charge in [0.25, 0.3) is 0 Å². The highest BCUT2D eigenvalue weighted by Crippen LogP contribution is 2.55. The number of hydrogen-bond acceptors (Lipinski definition) is 3. The highest BCUT2D eigenvalue weighted by atomic mass is 14.9. The molecule has 0 saturated heterocycles. The summed E-state index contributed by atoms with van der Waals surface area (Å²) in [6.07, 6.45) is 2.01. The maximum Gasteiger partial charge on any atom is 0.159 e. The van der Waals surface area contributed by atoms with Crippen molar-refractivity contribution in [2.45, 2.75) is 5.41 Å². The van der Waals surface area contributed by atoms with Crippen LogP contribution in [0.2, 0.25) is 0 Å². The van der Waals surface area contributed by atoms with Crippen LogP contribution in [0.4, 0.5) is 0 Å². The van der Waals surface area contributed by atoms with E-state index in [1.165, 1.54) is 27.8 Å². The molecule has 7 aromatic carbocycles.